The molecule has 2 aliphatic rings. The molecule has 1 N–H and O–H groups in total. The van der Waals surface area contributed by atoms with Crippen molar-refractivity contribution >= 4 is 0 Å². The third kappa shape index (κ3) is 2.15. The molecule has 104 valence electrons. The molecular formula is C19H16O2. The lowest BCUT2D eigenvalue weighted by molar-refractivity contribution is 0.0657. The highest BCUT2D eigenvalue weighted by atomic mass is 16.5. The summed E-state index contributed by atoms with van der Waals surface area (Å²) in [5.41, 5.74) is 4.55. The maximum Gasteiger partial charge on any atom is 0.0975 e. The van der Waals surface area contributed by atoms with E-state index in [1.54, 1.807) is 0 Å². The van der Waals surface area contributed by atoms with E-state index in [1.807, 2.05) is 24.3 Å². The van der Waals surface area contributed by atoms with Crippen LogP contribution in [0.4, 0.5) is 0 Å². The summed E-state index contributed by atoms with van der Waals surface area (Å²) in [5, 5.41) is 9.04. The molecule has 2 aromatic carbocycles. The Morgan fingerprint density at radius 1 is 1.05 bits per heavy atom. The number of hydrogen-bond acceptors (Lipinski definition) is 2. The predicted octanol–water partition coefficient (Wildman–Crippen LogP) is 3.36. The van der Waals surface area contributed by atoms with Gasteiger partial charge in [0.1, 0.15) is 0 Å². The summed E-state index contributed by atoms with van der Waals surface area (Å²) in [5.74, 6) is 6.89. The molecule has 2 heteroatoms. The summed E-state index contributed by atoms with van der Waals surface area (Å²) in [6, 6.07) is 16.2. The second kappa shape index (κ2) is 5.04. The van der Waals surface area contributed by atoms with Crippen molar-refractivity contribution in [2.45, 2.75) is 25.2 Å². The Balaban J connectivity index is 1.56. The predicted molar refractivity (Wildman–Crippen MR) is 80.4 cm³/mol. The van der Waals surface area contributed by atoms with Gasteiger partial charge in [-0.2, -0.15) is 0 Å². The highest BCUT2D eigenvalue weighted by Gasteiger charge is 2.44. The van der Waals surface area contributed by atoms with E-state index in [0.29, 0.717) is 0 Å². The molecule has 0 radical (unpaired) electrons. The number of aliphatic hydroxyl groups excluding tert-OH is 1. The Hall–Kier alpha value is -2.08. The van der Waals surface area contributed by atoms with E-state index in [4.69, 9.17) is 9.84 Å². The lowest BCUT2D eigenvalue weighted by atomic mass is 9.84. The molecule has 0 aromatic heterocycles. The molecule has 1 fully saturated rings. The lowest BCUT2D eigenvalue weighted by Gasteiger charge is -2.16. The third-order valence-corrected chi connectivity index (χ3v) is 4.33. The normalized spacial score (nSPS) is 25.3. The molecule has 0 amide bonds. The van der Waals surface area contributed by atoms with Gasteiger partial charge in [0.15, 0.2) is 0 Å². The molecule has 2 aliphatic heterocycles. The van der Waals surface area contributed by atoms with Crippen molar-refractivity contribution in [1.29, 1.82) is 0 Å². The van der Waals surface area contributed by atoms with Crippen LogP contribution in [0.1, 0.15) is 40.9 Å². The van der Waals surface area contributed by atoms with Crippen LogP contribution in [0.2, 0.25) is 0 Å². The van der Waals surface area contributed by atoms with E-state index in [9.17, 15) is 0 Å². The molecule has 3 atom stereocenters. The molecule has 2 heterocycles. The van der Waals surface area contributed by atoms with E-state index >= 15 is 0 Å². The van der Waals surface area contributed by atoms with Crippen LogP contribution >= 0.6 is 0 Å². The minimum atomic E-state index is 0.0741. The van der Waals surface area contributed by atoms with Crippen LogP contribution in [-0.4, -0.2) is 5.11 Å². The second-order valence-corrected chi connectivity index (χ2v) is 5.64. The van der Waals surface area contributed by atoms with Crippen molar-refractivity contribution in [1.82, 2.24) is 0 Å². The quantitative estimate of drug-likeness (QED) is 0.809. The average molecular weight is 276 g/mol. The molecule has 3 unspecified atom stereocenters. The van der Waals surface area contributed by atoms with Crippen molar-refractivity contribution in [2.75, 3.05) is 0 Å². The molecule has 0 saturated carbocycles. The first kappa shape index (κ1) is 12.6. The fourth-order valence-corrected chi connectivity index (χ4v) is 3.24. The lowest BCUT2D eigenvalue weighted by Crippen LogP contribution is -2.08. The van der Waals surface area contributed by atoms with Crippen molar-refractivity contribution in [2.24, 2.45) is 5.92 Å². The average Bonchev–Trinajstić information content (AvgIpc) is 3.12. The monoisotopic (exact) mass is 276 g/mol. The Bertz CT molecular complexity index is 721. The van der Waals surface area contributed by atoms with Crippen molar-refractivity contribution in [3.8, 4) is 11.8 Å². The highest BCUT2D eigenvalue weighted by Crippen LogP contribution is 2.53. The molecule has 0 aliphatic carbocycles. The van der Waals surface area contributed by atoms with Crippen LogP contribution in [0.3, 0.4) is 0 Å². The van der Waals surface area contributed by atoms with Gasteiger partial charge in [0.25, 0.3) is 0 Å². The van der Waals surface area contributed by atoms with Crippen LogP contribution in [0.5, 0.6) is 0 Å². The van der Waals surface area contributed by atoms with Gasteiger partial charge in [-0.05, 0) is 35.2 Å². The molecule has 1 saturated heterocycles. The summed E-state index contributed by atoms with van der Waals surface area (Å²) in [6.07, 6.45) is 1.35. The molecular weight excluding hydrogens is 260 g/mol. The minimum absolute atomic E-state index is 0.0741. The number of hydrogen-bond donors (Lipinski definition) is 1. The standard InChI is InChI=1S/C19H16O2/c20-12-14-7-5-13(6-8-14)9-10-15-11-18-16-3-1-2-4-17(16)19(15)21-18/h1-8,15,18-20H,11-12H2. The summed E-state index contributed by atoms with van der Waals surface area (Å²) in [7, 11) is 0. The molecule has 21 heavy (non-hydrogen) atoms. The van der Waals surface area contributed by atoms with Gasteiger partial charge in [-0.15, -0.1) is 0 Å². The Morgan fingerprint density at radius 3 is 2.57 bits per heavy atom. The number of ether oxygens (including phenoxy) is 1. The van der Waals surface area contributed by atoms with Gasteiger partial charge < -0.3 is 9.84 Å². The third-order valence-electron chi connectivity index (χ3n) is 4.33. The number of aliphatic hydroxyl groups is 1. The highest BCUT2D eigenvalue weighted by molar-refractivity contribution is 5.42. The second-order valence-electron chi connectivity index (χ2n) is 5.64. The van der Waals surface area contributed by atoms with Crippen LogP contribution in [-0.2, 0) is 11.3 Å². The van der Waals surface area contributed by atoms with Crippen molar-refractivity contribution in [3.05, 3.63) is 70.8 Å². The summed E-state index contributed by atoms with van der Waals surface area (Å²) < 4.78 is 6.04. The molecule has 4 rings (SSSR count). The van der Waals surface area contributed by atoms with Crippen molar-refractivity contribution in [3.63, 3.8) is 0 Å². The molecule has 2 aromatic rings. The fourth-order valence-electron chi connectivity index (χ4n) is 3.24. The smallest absolute Gasteiger partial charge is 0.0975 e. The van der Waals surface area contributed by atoms with Crippen LogP contribution in [0, 0.1) is 17.8 Å². The maximum atomic E-state index is 9.04. The SMILES string of the molecule is OCc1ccc(C#CC2CC3OC2c2ccccc23)cc1. The fraction of sp³-hybridized carbons (Fsp3) is 0.263. The summed E-state index contributed by atoms with van der Waals surface area (Å²) in [6.45, 7) is 0.0741. The van der Waals surface area contributed by atoms with E-state index < -0.39 is 0 Å². The summed E-state index contributed by atoms with van der Waals surface area (Å²) in [4.78, 5) is 0. The van der Waals surface area contributed by atoms with Gasteiger partial charge in [0.2, 0.25) is 0 Å². The van der Waals surface area contributed by atoms with E-state index in [1.165, 1.54) is 11.1 Å². The zero-order valence-corrected chi connectivity index (χ0v) is 11.6. The first-order chi connectivity index (χ1) is 10.3. The molecule has 2 nitrogen and oxygen atoms in total. The van der Waals surface area contributed by atoms with Gasteiger partial charge >= 0.3 is 0 Å². The Morgan fingerprint density at radius 2 is 1.81 bits per heavy atom. The first-order valence-corrected chi connectivity index (χ1v) is 7.31. The van der Waals surface area contributed by atoms with Gasteiger partial charge in [-0.25, -0.2) is 0 Å². The molecule has 2 bridgehead atoms. The molecule has 0 spiro atoms. The van der Waals surface area contributed by atoms with Gasteiger partial charge in [-0.1, -0.05) is 48.2 Å². The first-order valence-electron chi connectivity index (χ1n) is 7.31. The Labute approximate surface area is 124 Å². The number of benzene rings is 2. The zero-order chi connectivity index (χ0) is 14.2. The van der Waals surface area contributed by atoms with E-state index in [0.717, 1.165) is 17.5 Å². The van der Waals surface area contributed by atoms with Gasteiger partial charge in [0, 0.05) is 5.56 Å². The van der Waals surface area contributed by atoms with Crippen LogP contribution in [0.25, 0.3) is 0 Å². The van der Waals surface area contributed by atoms with Gasteiger partial charge in [0.05, 0.1) is 24.7 Å². The van der Waals surface area contributed by atoms with Gasteiger partial charge in [-0.3, -0.25) is 0 Å². The summed E-state index contributed by atoms with van der Waals surface area (Å²) >= 11 is 0. The zero-order valence-electron chi connectivity index (χ0n) is 11.6. The van der Waals surface area contributed by atoms with E-state index in [2.05, 4.69) is 36.1 Å². The number of rotatable bonds is 1. The van der Waals surface area contributed by atoms with Crippen LogP contribution < -0.4 is 0 Å². The van der Waals surface area contributed by atoms with E-state index in [-0.39, 0.29) is 24.7 Å². The van der Waals surface area contributed by atoms with Crippen LogP contribution in [0.15, 0.2) is 48.5 Å². The largest absolute Gasteiger partial charge is 0.392 e. The topological polar surface area (TPSA) is 29.5 Å². The van der Waals surface area contributed by atoms with Crippen molar-refractivity contribution < 1.29 is 9.84 Å². The number of fused-ring (bicyclic) bond motifs is 5. The Kier molecular flexibility index (Phi) is 3.03. The maximum absolute atomic E-state index is 9.04. The minimum Gasteiger partial charge on any atom is -0.392 e.